The number of nitrogens with one attached hydrogen (secondary N) is 2. The zero-order valence-electron chi connectivity index (χ0n) is 15.7. The van der Waals surface area contributed by atoms with Crippen molar-refractivity contribution in [3.63, 3.8) is 0 Å². The number of rotatable bonds is 5. The Kier molecular flexibility index (Phi) is 6.06. The molecule has 0 radical (unpaired) electrons. The maximum Gasteiger partial charge on any atom is 0.573 e. The van der Waals surface area contributed by atoms with E-state index in [4.69, 9.17) is 23.2 Å². The van der Waals surface area contributed by atoms with Crippen molar-refractivity contribution >= 4 is 46.7 Å². The van der Waals surface area contributed by atoms with E-state index in [0.717, 1.165) is 12.1 Å². The van der Waals surface area contributed by atoms with Gasteiger partial charge in [-0.05, 0) is 36.8 Å². The number of nitrogens with zero attached hydrogens (tertiary/aromatic N) is 1. The maximum absolute atomic E-state index is 12.9. The molecule has 1 saturated heterocycles. The monoisotopic (exact) mass is 475 g/mol. The van der Waals surface area contributed by atoms with Crippen LogP contribution in [0.3, 0.4) is 0 Å². The summed E-state index contributed by atoms with van der Waals surface area (Å²) in [6.45, 7) is 0.743. The predicted octanol–water partition coefficient (Wildman–Crippen LogP) is 4.30. The summed E-state index contributed by atoms with van der Waals surface area (Å²) in [5.74, 6) is -1.97. The minimum atomic E-state index is -4.86. The van der Waals surface area contributed by atoms with Gasteiger partial charge in [-0.2, -0.15) is 0 Å². The largest absolute Gasteiger partial charge is 0.573 e. The SMILES string of the molecule is CC1(c2ccc(OC(F)(F)F)cc2)NC(=O)N(CC(=O)Nc2c(Cl)cccc2Cl)C1=O. The highest BCUT2D eigenvalue weighted by Crippen LogP contribution is 2.32. The van der Waals surface area contributed by atoms with Gasteiger partial charge >= 0.3 is 12.4 Å². The van der Waals surface area contributed by atoms with Crippen molar-refractivity contribution < 1.29 is 32.3 Å². The van der Waals surface area contributed by atoms with Crippen LogP contribution in [0.5, 0.6) is 5.75 Å². The maximum atomic E-state index is 12.9. The van der Waals surface area contributed by atoms with Gasteiger partial charge in [0, 0.05) is 0 Å². The molecule has 12 heteroatoms. The second-order valence-electron chi connectivity index (χ2n) is 6.66. The summed E-state index contributed by atoms with van der Waals surface area (Å²) in [6, 6.07) is 8.20. The van der Waals surface area contributed by atoms with Crippen molar-refractivity contribution in [2.24, 2.45) is 0 Å². The quantitative estimate of drug-likeness (QED) is 0.631. The number of halogens is 5. The lowest BCUT2D eigenvalue weighted by Crippen LogP contribution is -2.42. The number of urea groups is 1. The van der Waals surface area contributed by atoms with Crippen molar-refractivity contribution in [1.82, 2.24) is 10.2 Å². The lowest BCUT2D eigenvalue weighted by molar-refractivity contribution is -0.274. The molecule has 31 heavy (non-hydrogen) atoms. The Balaban J connectivity index is 1.74. The fraction of sp³-hybridized carbons (Fsp3) is 0.211. The number of hydrogen-bond acceptors (Lipinski definition) is 4. The third kappa shape index (κ3) is 4.86. The summed E-state index contributed by atoms with van der Waals surface area (Å²) in [7, 11) is 0. The molecule has 1 heterocycles. The molecule has 164 valence electrons. The topological polar surface area (TPSA) is 87.7 Å². The molecule has 2 N–H and O–H groups in total. The molecule has 1 aliphatic rings. The van der Waals surface area contributed by atoms with E-state index >= 15 is 0 Å². The molecule has 0 saturated carbocycles. The smallest absolute Gasteiger partial charge is 0.406 e. The van der Waals surface area contributed by atoms with Crippen molar-refractivity contribution in [3.05, 3.63) is 58.1 Å². The molecule has 1 aliphatic heterocycles. The molecular weight excluding hydrogens is 462 g/mol. The van der Waals surface area contributed by atoms with Gasteiger partial charge in [-0.15, -0.1) is 13.2 Å². The Hall–Kier alpha value is -2.98. The summed E-state index contributed by atoms with van der Waals surface area (Å²) in [6.07, 6.45) is -4.86. The number of imide groups is 1. The van der Waals surface area contributed by atoms with E-state index < -0.39 is 42.0 Å². The second-order valence-corrected chi connectivity index (χ2v) is 7.48. The van der Waals surface area contributed by atoms with E-state index in [1.54, 1.807) is 6.07 Å². The van der Waals surface area contributed by atoms with E-state index in [-0.39, 0.29) is 21.3 Å². The normalized spacial score (nSPS) is 18.7. The molecule has 1 atom stereocenters. The highest BCUT2D eigenvalue weighted by Gasteiger charge is 2.49. The first kappa shape index (κ1) is 22.7. The van der Waals surface area contributed by atoms with Crippen LogP contribution in [-0.4, -0.2) is 35.7 Å². The number of ether oxygens (including phenoxy) is 1. The van der Waals surface area contributed by atoms with Gasteiger partial charge in [-0.25, -0.2) is 4.79 Å². The summed E-state index contributed by atoms with van der Waals surface area (Å²) in [5.41, 5.74) is -1.25. The number of carbonyl (C=O) groups excluding carboxylic acids is 3. The van der Waals surface area contributed by atoms with Gasteiger partial charge in [0.2, 0.25) is 5.91 Å². The Labute approximate surface area is 184 Å². The fourth-order valence-electron chi connectivity index (χ4n) is 2.97. The third-order valence-corrected chi connectivity index (χ3v) is 5.10. The van der Waals surface area contributed by atoms with Crippen LogP contribution in [0.15, 0.2) is 42.5 Å². The van der Waals surface area contributed by atoms with Crippen LogP contribution in [0.25, 0.3) is 0 Å². The van der Waals surface area contributed by atoms with Crippen LogP contribution in [0.1, 0.15) is 12.5 Å². The summed E-state index contributed by atoms with van der Waals surface area (Å²) in [4.78, 5) is 38.3. The van der Waals surface area contributed by atoms with Gasteiger partial charge in [0.1, 0.15) is 17.8 Å². The molecular formula is C19H14Cl2F3N3O4. The third-order valence-electron chi connectivity index (χ3n) is 4.47. The number of alkyl halides is 3. The van der Waals surface area contributed by atoms with E-state index in [2.05, 4.69) is 15.4 Å². The van der Waals surface area contributed by atoms with Crippen molar-refractivity contribution in [2.45, 2.75) is 18.8 Å². The van der Waals surface area contributed by atoms with Crippen LogP contribution < -0.4 is 15.4 Å². The number of anilines is 1. The van der Waals surface area contributed by atoms with Crippen LogP contribution in [0, 0.1) is 0 Å². The lowest BCUT2D eigenvalue weighted by atomic mass is 9.92. The average Bonchev–Trinajstić information content (AvgIpc) is 2.88. The molecule has 1 unspecified atom stereocenters. The second kappa shape index (κ2) is 8.27. The van der Waals surface area contributed by atoms with Gasteiger partial charge in [0.15, 0.2) is 0 Å². The number of carbonyl (C=O) groups is 3. The molecule has 7 nitrogen and oxygen atoms in total. The van der Waals surface area contributed by atoms with Crippen LogP contribution in [-0.2, 0) is 15.1 Å². The Morgan fingerprint density at radius 3 is 2.26 bits per heavy atom. The van der Waals surface area contributed by atoms with Crippen LogP contribution in [0.4, 0.5) is 23.7 Å². The van der Waals surface area contributed by atoms with E-state index in [0.29, 0.717) is 4.90 Å². The van der Waals surface area contributed by atoms with Gasteiger partial charge in [0.05, 0.1) is 15.7 Å². The lowest BCUT2D eigenvalue weighted by Gasteiger charge is -2.22. The molecule has 0 bridgehead atoms. The number of hydrogen-bond donors (Lipinski definition) is 2. The highest BCUT2D eigenvalue weighted by atomic mass is 35.5. The minimum Gasteiger partial charge on any atom is -0.406 e. The average molecular weight is 476 g/mol. The Morgan fingerprint density at radius 1 is 1.13 bits per heavy atom. The molecule has 0 aliphatic carbocycles. The minimum absolute atomic E-state index is 0.130. The Bertz CT molecular complexity index is 1030. The van der Waals surface area contributed by atoms with Gasteiger partial charge in [0.25, 0.3) is 5.91 Å². The van der Waals surface area contributed by atoms with Crippen molar-refractivity contribution in [1.29, 1.82) is 0 Å². The number of benzene rings is 2. The standard InChI is InChI=1S/C19H14Cl2F3N3O4/c1-18(10-5-7-11(8-6-10)31-19(22,23)24)16(29)27(17(30)26-18)9-14(28)25-15-12(20)3-2-4-13(15)21/h2-8H,9H2,1H3,(H,25,28)(H,26,30). The summed E-state index contributed by atoms with van der Waals surface area (Å²) >= 11 is 12.0. The molecule has 4 amide bonds. The summed E-state index contributed by atoms with van der Waals surface area (Å²) < 4.78 is 40.7. The zero-order valence-corrected chi connectivity index (χ0v) is 17.2. The molecule has 2 aromatic carbocycles. The van der Waals surface area contributed by atoms with Gasteiger partial charge in [-0.1, -0.05) is 41.4 Å². The highest BCUT2D eigenvalue weighted by molar-refractivity contribution is 6.39. The summed E-state index contributed by atoms with van der Waals surface area (Å²) in [5, 5.41) is 5.23. The first-order chi connectivity index (χ1) is 14.4. The first-order valence-electron chi connectivity index (χ1n) is 8.65. The molecule has 0 aromatic heterocycles. The molecule has 0 spiro atoms. The molecule has 1 fully saturated rings. The van der Waals surface area contributed by atoms with Gasteiger partial charge in [-0.3, -0.25) is 14.5 Å². The van der Waals surface area contributed by atoms with Crippen molar-refractivity contribution in [3.8, 4) is 5.75 Å². The Morgan fingerprint density at radius 2 is 1.71 bits per heavy atom. The number of amides is 4. The fourth-order valence-corrected chi connectivity index (χ4v) is 3.46. The van der Waals surface area contributed by atoms with E-state index in [1.165, 1.54) is 31.2 Å². The molecule has 3 rings (SSSR count). The van der Waals surface area contributed by atoms with Crippen LogP contribution >= 0.6 is 23.2 Å². The predicted molar refractivity (Wildman–Crippen MR) is 106 cm³/mol. The molecule has 2 aromatic rings. The van der Waals surface area contributed by atoms with E-state index in [9.17, 15) is 27.6 Å². The van der Waals surface area contributed by atoms with Crippen LogP contribution in [0.2, 0.25) is 10.0 Å². The number of para-hydroxylation sites is 1. The first-order valence-corrected chi connectivity index (χ1v) is 9.40. The van der Waals surface area contributed by atoms with Crippen molar-refractivity contribution in [2.75, 3.05) is 11.9 Å². The zero-order chi connectivity index (χ0) is 23.0. The van der Waals surface area contributed by atoms with Gasteiger partial charge < -0.3 is 15.4 Å². The van der Waals surface area contributed by atoms with E-state index in [1.807, 2.05) is 0 Å².